The maximum atomic E-state index is 12.8. The van der Waals surface area contributed by atoms with E-state index in [1.165, 1.54) is 0 Å². The van der Waals surface area contributed by atoms with Crippen molar-refractivity contribution in [2.45, 2.75) is 77.0 Å². The molecule has 3 rings (SSSR count). The fourth-order valence-corrected chi connectivity index (χ4v) is 4.16. The number of piperazine rings is 1. The second-order valence-electron chi connectivity index (χ2n) is 8.61. The fraction of sp³-hybridized carbons (Fsp3) is 0.619. The van der Waals surface area contributed by atoms with Crippen LogP contribution in [0.3, 0.4) is 0 Å². The van der Waals surface area contributed by atoms with Crippen LogP contribution in [0.2, 0.25) is 0 Å². The number of ether oxygens (including phenoxy) is 2. The number of rotatable bonds is 3. The number of nitrogens with zero attached hydrogens (tertiary/aromatic N) is 2. The molecule has 4 atom stereocenters. The maximum absolute atomic E-state index is 12.8. The van der Waals surface area contributed by atoms with E-state index >= 15 is 0 Å². The van der Waals surface area contributed by atoms with Crippen molar-refractivity contribution in [3.8, 4) is 0 Å². The zero-order chi connectivity index (χ0) is 20.5. The van der Waals surface area contributed by atoms with Crippen LogP contribution in [0, 0.1) is 0 Å². The van der Waals surface area contributed by atoms with Gasteiger partial charge >= 0.3 is 12.2 Å². The Kier molecular flexibility index (Phi) is 5.84. The van der Waals surface area contributed by atoms with Crippen molar-refractivity contribution in [3.05, 3.63) is 35.9 Å². The first-order valence-electron chi connectivity index (χ1n) is 9.84. The predicted octanol–water partition coefficient (Wildman–Crippen LogP) is 3.16. The number of fused-ring (bicyclic) bond motifs is 2. The number of benzene rings is 1. The average molecular weight is 390 g/mol. The van der Waals surface area contributed by atoms with Crippen LogP contribution in [-0.2, 0) is 16.1 Å². The number of hydrogen-bond donors (Lipinski definition) is 1. The van der Waals surface area contributed by atoms with Gasteiger partial charge in [-0.3, -0.25) is 9.80 Å². The zero-order valence-corrected chi connectivity index (χ0v) is 17.0. The van der Waals surface area contributed by atoms with E-state index in [0.29, 0.717) is 6.54 Å². The Labute approximate surface area is 166 Å². The molecule has 0 aliphatic carbocycles. The third kappa shape index (κ3) is 4.41. The van der Waals surface area contributed by atoms with Gasteiger partial charge in [-0.05, 0) is 46.1 Å². The molecule has 2 saturated heterocycles. The van der Waals surface area contributed by atoms with E-state index in [-0.39, 0.29) is 24.8 Å². The molecule has 2 aliphatic rings. The van der Waals surface area contributed by atoms with Crippen LogP contribution in [0.5, 0.6) is 0 Å². The lowest BCUT2D eigenvalue weighted by Crippen LogP contribution is -2.65. The molecule has 7 heteroatoms. The Morgan fingerprint density at radius 3 is 2.46 bits per heavy atom. The molecule has 0 unspecified atom stereocenters. The van der Waals surface area contributed by atoms with Gasteiger partial charge in [0, 0.05) is 6.54 Å². The molecule has 0 radical (unpaired) electrons. The van der Waals surface area contributed by atoms with Crippen LogP contribution >= 0.6 is 0 Å². The lowest BCUT2D eigenvalue weighted by molar-refractivity contribution is -0.0486. The van der Waals surface area contributed by atoms with Crippen LogP contribution < -0.4 is 0 Å². The van der Waals surface area contributed by atoms with E-state index in [4.69, 9.17) is 9.47 Å². The lowest BCUT2D eigenvalue weighted by Gasteiger charge is -2.47. The quantitative estimate of drug-likeness (QED) is 0.858. The normalized spacial score (nSPS) is 25.4. The molecular weight excluding hydrogens is 360 g/mol. The van der Waals surface area contributed by atoms with E-state index in [0.717, 1.165) is 18.4 Å². The summed E-state index contributed by atoms with van der Waals surface area (Å²) in [5, 5.41) is 10.4. The monoisotopic (exact) mass is 390 g/mol. The summed E-state index contributed by atoms with van der Waals surface area (Å²) in [5.41, 5.74) is 0.308. The van der Waals surface area contributed by atoms with Crippen molar-refractivity contribution in [1.82, 2.24) is 9.80 Å². The van der Waals surface area contributed by atoms with E-state index in [9.17, 15) is 14.7 Å². The molecule has 1 N–H and O–H groups in total. The zero-order valence-electron chi connectivity index (χ0n) is 17.0. The minimum absolute atomic E-state index is 0.126. The topological polar surface area (TPSA) is 79.3 Å². The van der Waals surface area contributed by atoms with E-state index < -0.39 is 23.8 Å². The largest absolute Gasteiger partial charge is 0.445 e. The number of hydrogen-bond acceptors (Lipinski definition) is 5. The highest BCUT2D eigenvalue weighted by Crippen LogP contribution is 2.37. The predicted molar refractivity (Wildman–Crippen MR) is 104 cm³/mol. The molecular formula is C21H30N2O5. The third-order valence-electron chi connectivity index (χ3n) is 5.25. The SMILES string of the molecule is C[C@@H](O)[C@@H]1[C@@H]2CC[C@H](CN1C(=O)OCc1ccccc1)N2C(=O)OC(C)(C)C. The smallest absolute Gasteiger partial charge is 0.410 e. The molecule has 0 aromatic heterocycles. The third-order valence-corrected chi connectivity index (χ3v) is 5.25. The van der Waals surface area contributed by atoms with Gasteiger partial charge in [0.1, 0.15) is 12.2 Å². The summed E-state index contributed by atoms with van der Waals surface area (Å²) in [6, 6.07) is 8.55. The Hall–Kier alpha value is -2.28. The summed E-state index contributed by atoms with van der Waals surface area (Å²) in [6.45, 7) is 7.64. The first-order chi connectivity index (χ1) is 13.2. The number of amides is 2. The van der Waals surface area contributed by atoms with E-state index in [2.05, 4.69) is 0 Å². The molecule has 1 aromatic rings. The van der Waals surface area contributed by atoms with Crippen molar-refractivity contribution >= 4 is 12.2 Å². The molecule has 2 heterocycles. The summed E-state index contributed by atoms with van der Waals surface area (Å²) in [4.78, 5) is 28.8. The highest BCUT2D eigenvalue weighted by molar-refractivity contribution is 5.72. The molecule has 1 aromatic carbocycles. The number of carbonyl (C=O) groups excluding carboxylic acids is 2. The maximum Gasteiger partial charge on any atom is 0.410 e. The van der Waals surface area contributed by atoms with Crippen LogP contribution in [0.15, 0.2) is 30.3 Å². The van der Waals surface area contributed by atoms with Gasteiger partial charge in [-0.1, -0.05) is 30.3 Å². The molecule has 154 valence electrons. The Balaban J connectivity index is 1.72. The first-order valence-corrected chi connectivity index (χ1v) is 9.84. The minimum atomic E-state index is -0.793. The fourth-order valence-electron chi connectivity index (χ4n) is 4.16. The van der Waals surface area contributed by atoms with Gasteiger partial charge in [0.2, 0.25) is 0 Å². The minimum Gasteiger partial charge on any atom is -0.445 e. The van der Waals surface area contributed by atoms with Crippen molar-refractivity contribution in [1.29, 1.82) is 0 Å². The number of aliphatic hydroxyl groups excluding tert-OH is 1. The van der Waals surface area contributed by atoms with E-state index in [1.54, 1.807) is 16.7 Å². The summed E-state index contributed by atoms with van der Waals surface area (Å²) in [7, 11) is 0. The van der Waals surface area contributed by atoms with Crippen LogP contribution in [-0.4, -0.2) is 63.5 Å². The second kappa shape index (κ2) is 7.99. The number of likely N-dealkylation sites (tertiary alicyclic amines) is 1. The summed E-state index contributed by atoms with van der Waals surface area (Å²) in [6.07, 6.45) is -0.144. The molecule has 0 spiro atoms. The molecule has 2 aliphatic heterocycles. The van der Waals surface area contributed by atoms with Gasteiger partial charge in [0.15, 0.2) is 0 Å². The van der Waals surface area contributed by atoms with Crippen LogP contribution in [0.25, 0.3) is 0 Å². The van der Waals surface area contributed by atoms with Gasteiger partial charge in [0.05, 0.1) is 24.2 Å². The van der Waals surface area contributed by atoms with Gasteiger partial charge in [-0.2, -0.15) is 0 Å². The van der Waals surface area contributed by atoms with Crippen LogP contribution in [0.4, 0.5) is 9.59 Å². The number of aliphatic hydroxyl groups is 1. The van der Waals surface area contributed by atoms with Gasteiger partial charge in [-0.25, -0.2) is 9.59 Å². The van der Waals surface area contributed by atoms with Gasteiger partial charge < -0.3 is 14.6 Å². The van der Waals surface area contributed by atoms with Crippen molar-refractivity contribution in [2.24, 2.45) is 0 Å². The van der Waals surface area contributed by atoms with Crippen molar-refractivity contribution in [2.75, 3.05) is 6.54 Å². The summed E-state index contributed by atoms with van der Waals surface area (Å²) < 4.78 is 11.0. The molecule has 7 nitrogen and oxygen atoms in total. The second-order valence-corrected chi connectivity index (χ2v) is 8.61. The molecule has 28 heavy (non-hydrogen) atoms. The molecule has 2 amide bonds. The van der Waals surface area contributed by atoms with E-state index in [1.807, 2.05) is 51.1 Å². The van der Waals surface area contributed by atoms with Crippen molar-refractivity contribution in [3.63, 3.8) is 0 Å². The highest BCUT2D eigenvalue weighted by Gasteiger charge is 2.52. The summed E-state index contributed by atoms with van der Waals surface area (Å²) >= 11 is 0. The standard InChI is InChI=1S/C21H30N2O5/c1-14(24)18-17-11-10-16(23(17)20(26)28-21(2,3)4)12-22(18)19(25)27-13-15-8-6-5-7-9-15/h5-9,14,16-18,24H,10-13H2,1-4H3/t14-,16-,17+,18-/m1/s1. The molecule has 2 fully saturated rings. The first kappa shape index (κ1) is 20.5. The lowest BCUT2D eigenvalue weighted by atomic mass is 9.98. The average Bonchev–Trinajstić information content (AvgIpc) is 2.92. The molecule has 2 bridgehead atoms. The Bertz CT molecular complexity index is 700. The van der Waals surface area contributed by atoms with Crippen molar-refractivity contribution < 1.29 is 24.2 Å². The highest BCUT2D eigenvalue weighted by atomic mass is 16.6. The van der Waals surface area contributed by atoms with Crippen LogP contribution in [0.1, 0.15) is 46.1 Å². The Morgan fingerprint density at radius 1 is 1.18 bits per heavy atom. The van der Waals surface area contributed by atoms with Gasteiger partial charge in [0.25, 0.3) is 0 Å². The molecule has 0 saturated carbocycles. The van der Waals surface area contributed by atoms with Gasteiger partial charge in [-0.15, -0.1) is 0 Å². The Morgan fingerprint density at radius 2 is 1.86 bits per heavy atom. The number of carbonyl (C=O) groups is 2. The summed E-state index contributed by atoms with van der Waals surface area (Å²) in [5.74, 6) is 0.